The Labute approximate surface area is 128 Å². The van der Waals surface area contributed by atoms with Gasteiger partial charge in [-0.15, -0.1) is 0 Å². The van der Waals surface area contributed by atoms with Crippen LogP contribution in [0.3, 0.4) is 0 Å². The molecule has 3 nitrogen and oxygen atoms in total. The number of hydrazone groups is 1. The molecule has 1 rings (SSSR count). The van der Waals surface area contributed by atoms with Crippen LogP contribution in [0.25, 0.3) is 0 Å². The predicted octanol–water partition coefficient (Wildman–Crippen LogP) is 4.50. The van der Waals surface area contributed by atoms with Crippen molar-refractivity contribution < 1.29 is 4.79 Å². The quantitative estimate of drug-likeness (QED) is 0.427. The molecule has 116 valence electrons. The molecule has 0 heterocycles. The third kappa shape index (κ3) is 6.56. The molecule has 1 N–H and O–H groups in total. The molecule has 0 aliphatic rings. The van der Waals surface area contributed by atoms with E-state index >= 15 is 0 Å². The van der Waals surface area contributed by atoms with Crippen LogP contribution < -0.4 is 5.43 Å². The topological polar surface area (TPSA) is 41.5 Å². The molecule has 0 atom stereocenters. The molecule has 0 saturated heterocycles. The predicted molar refractivity (Wildman–Crippen MR) is 89.6 cm³/mol. The van der Waals surface area contributed by atoms with Crippen molar-refractivity contribution in [1.82, 2.24) is 5.43 Å². The van der Waals surface area contributed by atoms with Crippen molar-refractivity contribution >= 4 is 11.6 Å². The lowest BCUT2D eigenvalue weighted by Gasteiger charge is -2.07. The van der Waals surface area contributed by atoms with Crippen LogP contribution >= 0.6 is 0 Å². The number of amides is 1. The zero-order valence-electron chi connectivity index (χ0n) is 13.8. The standard InChI is InChI=1S/C18H28N2O/c1-5-6-7-8-9-10-18(21)20-19-16(4)17-12-11-14(2)13-15(17)3/h11-13H,5-10H2,1-4H3,(H,20,21). The van der Waals surface area contributed by atoms with Gasteiger partial charge >= 0.3 is 0 Å². The van der Waals surface area contributed by atoms with Gasteiger partial charge in [0.1, 0.15) is 0 Å². The van der Waals surface area contributed by atoms with Crippen LogP contribution in [0.1, 0.15) is 69.1 Å². The highest BCUT2D eigenvalue weighted by Gasteiger charge is 2.04. The van der Waals surface area contributed by atoms with E-state index in [1.54, 1.807) is 0 Å². The first kappa shape index (κ1) is 17.4. The van der Waals surface area contributed by atoms with E-state index in [1.165, 1.54) is 30.4 Å². The first-order valence-corrected chi connectivity index (χ1v) is 7.95. The van der Waals surface area contributed by atoms with Gasteiger partial charge in [-0.2, -0.15) is 5.10 Å². The van der Waals surface area contributed by atoms with Crippen molar-refractivity contribution in [2.45, 2.75) is 66.2 Å². The smallest absolute Gasteiger partial charge is 0.240 e. The fraction of sp³-hybridized carbons (Fsp3) is 0.556. The van der Waals surface area contributed by atoms with Crippen LogP contribution in [0.15, 0.2) is 23.3 Å². The van der Waals surface area contributed by atoms with Crippen molar-refractivity contribution in [3.63, 3.8) is 0 Å². The molecule has 0 spiro atoms. The first-order chi connectivity index (χ1) is 10.0. The van der Waals surface area contributed by atoms with E-state index in [0.717, 1.165) is 24.1 Å². The monoisotopic (exact) mass is 288 g/mol. The second-order valence-corrected chi connectivity index (χ2v) is 5.71. The number of hydrogen-bond acceptors (Lipinski definition) is 2. The van der Waals surface area contributed by atoms with Crippen LogP contribution in [-0.2, 0) is 4.79 Å². The SMILES string of the molecule is CCCCCCCC(=O)NN=C(C)c1ccc(C)cc1C. The van der Waals surface area contributed by atoms with E-state index in [9.17, 15) is 4.79 Å². The summed E-state index contributed by atoms with van der Waals surface area (Å²) >= 11 is 0. The van der Waals surface area contributed by atoms with Crippen LogP contribution in [0, 0.1) is 13.8 Å². The Morgan fingerprint density at radius 1 is 1.14 bits per heavy atom. The number of unbranched alkanes of at least 4 members (excludes halogenated alkanes) is 4. The van der Waals surface area contributed by atoms with Gasteiger partial charge in [-0.05, 0) is 32.8 Å². The molecule has 21 heavy (non-hydrogen) atoms. The minimum Gasteiger partial charge on any atom is -0.273 e. The number of nitrogens with one attached hydrogen (secondary N) is 1. The Bertz CT molecular complexity index is 492. The summed E-state index contributed by atoms with van der Waals surface area (Å²) in [5.74, 6) is 0.00983. The van der Waals surface area contributed by atoms with Crippen molar-refractivity contribution in [2.75, 3.05) is 0 Å². The first-order valence-electron chi connectivity index (χ1n) is 7.95. The Morgan fingerprint density at radius 2 is 1.86 bits per heavy atom. The number of carbonyl (C=O) groups excluding carboxylic acids is 1. The molecule has 1 amide bonds. The molecule has 0 bridgehead atoms. The lowest BCUT2D eigenvalue weighted by molar-refractivity contribution is -0.121. The summed E-state index contributed by atoms with van der Waals surface area (Å²) < 4.78 is 0. The molecular formula is C18H28N2O. The van der Waals surface area contributed by atoms with Gasteiger partial charge in [-0.3, -0.25) is 4.79 Å². The maximum atomic E-state index is 11.7. The molecule has 0 aliphatic heterocycles. The van der Waals surface area contributed by atoms with E-state index in [0.29, 0.717) is 6.42 Å². The van der Waals surface area contributed by atoms with E-state index in [-0.39, 0.29) is 5.91 Å². The highest BCUT2D eigenvalue weighted by atomic mass is 16.2. The lowest BCUT2D eigenvalue weighted by Crippen LogP contribution is -2.19. The van der Waals surface area contributed by atoms with Gasteiger partial charge in [-0.1, -0.05) is 56.4 Å². The van der Waals surface area contributed by atoms with Gasteiger partial charge in [0.2, 0.25) is 5.91 Å². The number of rotatable bonds is 8. The van der Waals surface area contributed by atoms with Crippen molar-refractivity contribution in [2.24, 2.45) is 5.10 Å². The fourth-order valence-electron chi connectivity index (χ4n) is 2.37. The Kier molecular flexibility index (Phi) is 7.73. The van der Waals surface area contributed by atoms with Crippen LogP contribution in [-0.4, -0.2) is 11.6 Å². The third-order valence-corrected chi connectivity index (χ3v) is 3.63. The summed E-state index contributed by atoms with van der Waals surface area (Å²) in [5.41, 5.74) is 7.02. The Morgan fingerprint density at radius 3 is 2.52 bits per heavy atom. The Balaban J connectivity index is 2.42. The summed E-state index contributed by atoms with van der Waals surface area (Å²) in [7, 11) is 0. The van der Waals surface area contributed by atoms with Crippen LogP contribution in [0.4, 0.5) is 0 Å². The molecule has 1 aromatic rings. The highest BCUT2D eigenvalue weighted by Crippen LogP contribution is 2.11. The molecule has 0 radical (unpaired) electrons. The summed E-state index contributed by atoms with van der Waals surface area (Å²) in [5, 5.41) is 4.22. The minimum atomic E-state index is 0.00983. The van der Waals surface area contributed by atoms with Crippen LogP contribution in [0.2, 0.25) is 0 Å². The van der Waals surface area contributed by atoms with E-state index < -0.39 is 0 Å². The van der Waals surface area contributed by atoms with E-state index in [1.807, 2.05) is 6.92 Å². The average Bonchev–Trinajstić information content (AvgIpc) is 2.44. The molecular weight excluding hydrogens is 260 g/mol. The zero-order valence-corrected chi connectivity index (χ0v) is 13.8. The summed E-state index contributed by atoms with van der Waals surface area (Å²) in [4.78, 5) is 11.7. The van der Waals surface area contributed by atoms with Gasteiger partial charge < -0.3 is 0 Å². The summed E-state index contributed by atoms with van der Waals surface area (Å²) in [6.07, 6.45) is 6.34. The second kappa shape index (κ2) is 9.32. The van der Waals surface area contributed by atoms with Gasteiger partial charge in [0.25, 0.3) is 0 Å². The Hall–Kier alpha value is -1.64. The largest absolute Gasteiger partial charge is 0.273 e. The van der Waals surface area contributed by atoms with Gasteiger partial charge in [0.15, 0.2) is 0 Å². The zero-order chi connectivity index (χ0) is 15.7. The maximum Gasteiger partial charge on any atom is 0.240 e. The molecule has 0 unspecified atom stereocenters. The number of aryl methyl sites for hydroxylation is 2. The van der Waals surface area contributed by atoms with Crippen molar-refractivity contribution in [3.05, 3.63) is 34.9 Å². The molecule has 0 saturated carbocycles. The minimum absolute atomic E-state index is 0.00983. The van der Waals surface area contributed by atoms with Gasteiger partial charge in [-0.25, -0.2) is 5.43 Å². The van der Waals surface area contributed by atoms with Crippen LogP contribution in [0.5, 0.6) is 0 Å². The van der Waals surface area contributed by atoms with E-state index in [2.05, 4.69) is 49.5 Å². The average molecular weight is 288 g/mol. The second-order valence-electron chi connectivity index (χ2n) is 5.71. The van der Waals surface area contributed by atoms with E-state index in [4.69, 9.17) is 0 Å². The maximum absolute atomic E-state index is 11.7. The third-order valence-electron chi connectivity index (χ3n) is 3.63. The molecule has 3 heteroatoms. The normalized spacial score (nSPS) is 11.5. The molecule has 0 aliphatic carbocycles. The molecule has 0 fully saturated rings. The highest BCUT2D eigenvalue weighted by molar-refractivity contribution is 6.00. The number of hydrogen-bond donors (Lipinski definition) is 1. The van der Waals surface area contributed by atoms with Crippen molar-refractivity contribution in [3.8, 4) is 0 Å². The number of nitrogens with zero attached hydrogens (tertiary/aromatic N) is 1. The number of carbonyl (C=O) groups is 1. The lowest BCUT2D eigenvalue weighted by atomic mass is 10.0. The fourth-order valence-corrected chi connectivity index (χ4v) is 2.37. The van der Waals surface area contributed by atoms with Crippen molar-refractivity contribution in [1.29, 1.82) is 0 Å². The van der Waals surface area contributed by atoms with Gasteiger partial charge in [0.05, 0.1) is 5.71 Å². The summed E-state index contributed by atoms with van der Waals surface area (Å²) in [6, 6.07) is 6.25. The number of benzene rings is 1. The molecule has 0 aromatic heterocycles. The summed E-state index contributed by atoms with van der Waals surface area (Å²) in [6.45, 7) is 8.26. The van der Waals surface area contributed by atoms with Gasteiger partial charge in [0, 0.05) is 12.0 Å². The molecule has 1 aromatic carbocycles.